The third-order valence-corrected chi connectivity index (χ3v) is 2.36. The van der Waals surface area contributed by atoms with Gasteiger partial charge in [0.2, 0.25) is 0 Å². The highest BCUT2D eigenvalue weighted by atomic mass is 15.0. The molecule has 0 spiro atoms. The molecule has 0 saturated carbocycles. The van der Waals surface area contributed by atoms with Crippen LogP contribution in [0, 0.1) is 16.7 Å². The highest BCUT2D eigenvalue weighted by molar-refractivity contribution is 4.87. The number of rotatable bonds is 6. The Kier molecular flexibility index (Phi) is 4.32. The highest BCUT2D eigenvalue weighted by Crippen LogP contribution is 2.20. The molecule has 0 aliphatic rings. The summed E-state index contributed by atoms with van der Waals surface area (Å²) in [5, 5.41) is 11.9. The molecule has 0 amide bonds. The molecule has 4 heteroatoms. The lowest BCUT2D eigenvalue weighted by molar-refractivity contribution is 0.316. The van der Waals surface area contributed by atoms with E-state index >= 15 is 0 Å². The molecule has 82 valence electrons. The van der Waals surface area contributed by atoms with Crippen molar-refractivity contribution in [2.75, 3.05) is 6.54 Å². The lowest BCUT2D eigenvalue weighted by Crippen LogP contribution is -2.29. The maximum atomic E-state index is 8.52. The lowest BCUT2D eigenvalue weighted by Gasteiger charge is -2.23. The molecule has 0 aliphatic heterocycles. The standard InChI is InChI=1S/C11H18N4/c1-11(2,4-3-5-12)9-13-8-10-14-6-7-15-10/h6-7,13H,3-4,8-9H2,1-2H3,(H,14,15). The molecule has 0 bridgehead atoms. The van der Waals surface area contributed by atoms with Gasteiger partial charge in [0.25, 0.3) is 0 Å². The first-order valence-corrected chi connectivity index (χ1v) is 5.20. The maximum Gasteiger partial charge on any atom is 0.120 e. The summed E-state index contributed by atoms with van der Waals surface area (Å²) in [7, 11) is 0. The molecule has 15 heavy (non-hydrogen) atoms. The third-order valence-electron chi connectivity index (χ3n) is 2.36. The first-order chi connectivity index (χ1) is 7.14. The van der Waals surface area contributed by atoms with E-state index in [0.29, 0.717) is 6.42 Å². The van der Waals surface area contributed by atoms with Crippen LogP contribution < -0.4 is 5.32 Å². The fraction of sp³-hybridized carbons (Fsp3) is 0.636. The van der Waals surface area contributed by atoms with E-state index in [9.17, 15) is 0 Å². The highest BCUT2D eigenvalue weighted by Gasteiger charge is 2.16. The zero-order valence-electron chi connectivity index (χ0n) is 9.38. The topological polar surface area (TPSA) is 64.5 Å². The van der Waals surface area contributed by atoms with Crippen LogP contribution in [-0.4, -0.2) is 16.5 Å². The van der Waals surface area contributed by atoms with E-state index in [-0.39, 0.29) is 5.41 Å². The summed E-state index contributed by atoms with van der Waals surface area (Å²) in [4.78, 5) is 7.17. The molecule has 4 nitrogen and oxygen atoms in total. The van der Waals surface area contributed by atoms with Crippen LogP contribution >= 0.6 is 0 Å². The van der Waals surface area contributed by atoms with Crippen molar-refractivity contribution in [1.82, 2.24) is 15.3 Å². The average Bonchev–Trinajstić information content (AvgIpc) is 2.67. The molecule has 0 atom stereocenters. The minimum Gasteiger partial charge on any atom is -0.348 e. The number of nitriles is 1. The van der Waals surface area contributed by atoms with Gasteiger partial charge in [-0.1, -0.05) is 13.8 Å². The summed E-state index contributed by atoms with van der Waals surface area (Å²) in [6, 6.07) is 2.18. The van der Waals surface area contributed by atoms with Gasteiger partial charge in [-0.2, -0.15) is 5.26 Å². The number of aromatic amines is 1. The zero-order chi connectivity index (χ0) is 11.1. The van der Waals surface area contributed by atoms with Gasteiger partial charge in [0.15, 0.2) is 0 Å². The smallest absolute Gasteiger partial charge is 0.120 e. The maximum absolute atomic E-state index is 8.52. The second kappa shape index (κ2) is 5.52. The van der Waals surface area contributed by atoms with Crippen molar-refractivity contribution in [2.45, 2.75) is 33.2 Å². The molecule has 2 N–H and O–H groups in total. The van der Waals surface area contributed by atoms with E-state index in [4.69, 9.17) is 5.26 Å². The van der Waals surface area contributed by atoms with E-state index in [2.05, 4.69) is 35.2 Å². The fourth-order valence-corrected chi connectivity index (χ4v) is 1.40. The molecule has 0 fully saturated rings. The summed E-state index contributed by atoms with van der Waals surface area (Å²) in [6.45, 7) is 5.98. The third kappa shape index (κ3) is 4.61. The monoisotopic (exact) mass is 206 g/mol. The normalized spacial score (nSPS) is 11.3. The SMILES string of the molecule is CC(C)(CCC#N)CNCc1ncc[nH]1. The fourth-order valence-electron chi connectivity index (χ4n) is 1.40. The molecule has 1 aromatic rings. The Bertz CT molecular complexity index is 308. The van der Waals surface area contributed by atoms with Crippen LogP contribution in [0.1, 0.15) is 32.5 Å². The molecule has 0 radical (unpaired) electrons. The van der Waals surface area contributed by atoms with Crippen LogP contribution in [0.3, 0.4) is 0 Å². The van der Waals surface area contributed by atoms with Gasteiger partial charge >= 0.3 is 0 Å². The minimum absolute atomic E-state index is 0.169. The number of hydrogen-bond acceptors (Lipinski definition) is 3. The largest absolute Gasteiger partial charge is 0.348 e. The van der Waals surface area contributed by atoms with Crippen LogP contribution in [0.25, 0.3) is 0 Å². The second-order valence-corrected chi connectivity index (χ2v) is 4.46. The Hall–Kier alpha value is -1.34. The van der Waals surface area contributed by atoms with Gasteiger partial charge in [-0.05, 0) is 11.8 Å². The number of hydrogen-bond donors (Lipinski definition) is 2. The molecule has 1 heterocycles. The van der Waals surface area contributed by atoms with Gasteiger partial charge in [0.1, 0.15) is 5.82 Å². The molecule has 1 aromatic heterocycles. The van der Waals surface area contributed by atoms with Gasteiger partial charge in [-0.25, -0.2) is 4.98 Å². The first kappa shape index (κ1) is 11.7. The van der Waals surface area contributed by atoms with Crippen molar-refractivity contribution in [2.24, 2.45) is 5.41 Å². The van der Waals surface area contributed by atoms with Crippen LogP contribution in [0.15, 0.2) is 12.4 Å². The summed E-state index contributed by atoms with van der Waals surface area (Å²) in [6.07, 6.45) is 5.11. The van der Waals surface area contributed by atoms with Crippen LogP contribution in [-0.2, 0) is 6.54 Å². The number of aromatic nitrogens is 2. The Morgan fingerprint density at radius 3 is 3.00 bits per heavy atom. The van der Waals surface area contributed by atoms with Crippen molar-refractivity contribution in [3.05, 3.63) is 18.2 Å². The minimum atomic E-state index is 0.169. The van der Waals surface area contributed by atoms with Crippen molar-refractivity contribution in [3.63, 3.8) is 0 Å². The van der Waals surface area contributed by atoms with Gasteiger partial charge in [0.05, 0.1) is 12.6 Å². The van der Waals surface area contributed by atoms with Crippen molar-refractivity contribution >= 4 is 0 Å². The van der Waals surface area contributed by atoms with Crippen molar-refractivity contribution in [1.29, 1.82) is 5.26 Å². The van der Waals surface area contributed by atoms with Gasteiger partial charge in [-0.15, -0.1) is 0 Å². The van der Waals surface area contributed by atoms with Crippen molar-refractivity contribution in [3.8, 4) is 6.07 Å². The Morgan fingerprint density at radius 1 is 1.60 bits per heavy atom. The van der Waals surface area contributed by atoms with Crippen LogP contribution in [0.5, 0.6) is 0 Å². The Labute approximate surface area is 90.7 Å². The number of H-pyrrole nitrogens is 1. The van der Waals surface area contributed by atoms with Gasteiger partial charge < -0.3 is 10.3 Å². The zero-order valence-corrected chi connectivity index (χ0v) is 9.38. The summed E-state index contributed by atoms with van der Waals surface area (Å²) < 4.78 is 0. The molecule has 0 unspecified atom stereocenters. The summed E-state index contributed by atoms with van der Waals surface area (Å²) in [5.74, 6) is 0.950. The second-order valence-electron chi connectivity index (χ2n) is 4.46. The molecule has 0 saturated heterocycles. The van der Waals surface area contributed by atoms with Gasteiger partial charge in [-0.3, -0.25) is 0 Å². The Balaban J connectivity index is 2.21. The molecular weight excluding hydrogens is 188 g/mol. The molecule has 0 aliphatic carbocycles. The van der Waals surface area contributed by atoms with E-state index in [1.807, 2.05) is 6.20 Å². The van der Waals surface area contributed by atoms with Gasteiger partial charge in [0, 0.05) is 25.4 Å². The Morgan fingerprint density at radius 2 is 2.40 bits per heavy atom. The van der Waals surface area contributed by atoms with E-state index in [1.54, 1.807) is 6.20 Å². The van der Waals surface area contributed by atoms with Crippen LogP contribution in [0.4, 0.5) is 0 Å². The van der Waals surface area contributed by atoms with Crippen molar-refractivity contribution < 1.29 is 0 Å². The average molecular weight is 206 g/mol. The summed E-state index contributed by atoms with van der Waals surface area (Å²) in [5.41, 5.74) is 0.169. The quantitative estimate of drug-likeness (QED) is 0.746. The van der Waals surface area contributed by atoms with E-state index in [0.717, 1.165) is 25.3 Å². The predicted octanol–water partition coefficient (Wildman–Crippen LogP) is 1.83. The molecule has 1 rings (SSSR count). The predicted molar refractivity (Wildman–Crippen MR) is 58.9 cm³/mol. The molecule has 0 aromatic carbocycles. The number of imidazole rings is 1. The van der Waals surface area contributed by atoms with Crippen LogP contribution in [0.2, 0.25) is 0 Å². The number of nitrogens with one attached hydrogen (secondary N) is 2. The van der Waals surface area contributed by atoms with E-state index in [1.165, 1.54) is 0 Å². The van der Waals surface area contributed by atoms with E-state index < -0.39 is 0 Å². The number of nitrogens with zero attached hydrogens (tertiary/aromatic N) is 2. The first-order valence-electron chi connectivity index (χ1n) is 5.20. The molecular formula is C11H18N4. The summed E-state index contributed by atoms with van der Waals surface area (Å²) >= 11 is 0. The lowest BCUT2D eigenvalue weighted by atomic mass is 9.88.